The third-order valence-corrected chi connectivity index (χ3v) is 4.63. The minimum atomic E-state index is -0.805. The minimum absolute atomic E-state index is 0.123. The molecule has 150 valence electrons. The lowest BCUT2D eigenvalue weighted by molar-refractivity contribution is 0.0946. The van der Waals surface area contributed by atoms with Gasteiger partial charge >= 0.3 is 5.69 Å². The summed E-state index contributed by atoms with van der Waals surface area (Å²) in [6, 6.07) is 12.4. The highest BCUT2D eigenvalue weighted by Gasteiger charge is 2.23. The van der Waals surface area contributed by atoms with Gasteiger partial charge in [-0.15, -0.1) is 0 Å². The van der Waals surface area contributed by atoms with E-state index in [4.69, 9.17) is 0 Å². The lowest BCUT2D eigenvalue weighted by Gasteiger charge is -2.17. The molecule has 3 aromatic rings. The van der Waals surface area contributed by atoms with Crippen LogP contribution < -0.4 is 16.6 Å². The Morgan fingerprint density at radius 2 is 1.86 bits per heavy atom. The third kappa shape index (κ3) is 3.87. The molecule has 1 N–H and O–H groups in total. The van der Waals surface area contributed by atoms with E-state index in [1.165, 1.54) is 12.1 Å². The maximum Gasteiger partial charge on any atom is 0.352 e. The van der Waals surface area contributed by atoms with Crippen LogP contribution in [0.4, 0.5) is 4.39 Å². The Hall–Kier alpha value is -3.55. The van der Waals surface area contributed by atoms with Gasteiger partial charge in [0, 0.05) is 12.6 Å². The van der Waals surface area contributed by atoms with Crippen molar-refractivity contribution in [2.75, 3.05) is 6.54 Å². The van der Waals surface area contributed by atoms with Crippen molar-refractivity contribution in [2.24, 2.45) is 0 Å². The molecule has 0 saturated carbocycles. The van der Waals surface area contributed by atoms with Crippen LogP contribution in [0.25, 0.3) is 5.69 Å². The van der Waals surface area contributed by atoms with Crippen LogP contribution in [0.3, 0.4) is 0 Å². The molecule has 0 saturated heterocycles. The first kappa shape index (κ1) is 20.2. The lowest BCUT2D eigenvalue weighted by atomic mass is 10.1. The highest BCUT2D eigenvalue weighted by atomic mass is 19.1. The van der Waals surface area contributed by atoms with Gasteiger partial charge in [-0.25, -0.2) is 13.8 Å². The van der Waals surface area contributed by atoms with Crippen LogP contribution in [0.2, 0.25) is 0 Å². The monoisotopic (exact) mass is 396 g/mol. The van der Waals surface area contributed by atoms with Gasteiger partial charge in [-0.1, -0.05) is 36.4 Å². The number of aryl methyl sites for hydroxylation is 1. The van der Waals surface area contributed by atoms with E-state index in [0.717, 1.165) is 15.3 Å². The molecule has 1 atom stereocenters. The summed E-state index contributed by atoms with van der Waals surface area (Å²) in [5.41, 5.74) is -0.769. The quantitative estimate of drug-likeness (QED) is 0.716. The zero-order chi connectivity index (χ0) is 21.1. The van der Waals surface area contributed by atoms with Crippen molar-refractivity contribution >= 4 is 5.91 Å². The first-order chi connectivity index (χ1) is 13.8. The second-order valence-corrected chi connectivity index (χ2v) is 6.60. The first-order valence-corrected chi connectivity index (χ1v) is 9.20. The molecule has 0 radical (unpaired) electrons. The third-order valence-electron chi connectivity index (χ3n) is 4.63. The second-order valence-electron chi connectivity index (χ2n) is 6.60. The molecule has 7 nitrogen and oxygen atoms in total. The van der Waals surface area contributed by atoms with E-state index in [-0.39, 0.29) is 12.2 Å². The molecular weight excluding hydrogens is 375 g/mol. The van der Waals surface area contributed by atoms with Crippen LogP contribution in [0.1, 0.15) is 41.5 Å². The summed E-state index contributed by atoms with van der Waals surface area (Å²) in [6.07, 6.45) is 0. The molecule has 0 aliphatic carbocycles. The maximum atomic E-state index is 14.1. The van der Waals surface area contributed by atoms with Crippen molar-refractivity contribution in [3.8, 4) is 5.69 Å². The Morgan fingerprint density at radius 1 is 1.17 bits per heavy atom. The molecule has 2 aromatic carbocycles. The number of carbonyl (C=O) groups excluding carboxylic acids is 1. The van der Waals surface area contributed by atoms with Crippen molar-refractivity contribution < 1.29 is 9.18 Å². The predicted molar refractivity (Wildman–Crippen MR) is 107 cm³/mol. The number of hydrogen-bond donors (Lipinski definition) is 1. The van der Waals surface area contributed by atoms with E-state index in [1.54, 1.807) is 45.0 Å². The zero-order valence-corrected chi connectivity index (χ0v) is 16.3. The summed E-state index contributed by atoms with van der Waals surface area (Å²) in [5, 5.41) is 6.48. The van der Waals surface area contributed by atoms with Gasteiger partial charge in [-0.3, -0.25) is 9.59 Å². The van der Waals surface area contributed by atoms with Gasteiger partial charge in [0.25, 0.3) is 11.5 Å². The minimum Gasteiger partial charge on any atom is -0.351 e. The normalized spacial score (nSPS) is 11.9. The number of nitrogens with zero attached hydrogens (tertiary/aromatic N) is 3. The number of halogens is 1. The number of nitrogens with one attached hydrogen (secondary N) is 1. The van der Waals surface area contributed by atoms with Gasteiger partial charge in [0.2, 0.25) is 5.69 Å². The van der Waals surface area contributed by atoms with Crippen LogP contribution >= 0.6 is 0 Å². The van der Waals surface area contributed by atoms with E-state index in [1.807, 2.05) is 6.07 Å². The molecule has 0 unspecified atom stereocenters. The molecule has 0 spiro atoms. The largest absolute Gasteiger partial charge is 0.352 e. The smallest absolute Gasteiger partial charge is 0.351 e. The fourth-order valence-electron chi connectivity index (χ4n) is 2.98. The Kier molecular flexibility index (Phi) is 5.72. The van der Waals surface area contributed by atoms with E-state index in [2.05, 4.69) is 10.4 Å². The molecular formula is C21H21FN4O3. The average Bonchev–Trinajstić information content (AvgIpc) is 2.71. The summed E-state index contributed by atoms with van der Waals surface area (Å²) in [6.45, 7) is 5.26. The highest BCUT2D eigenvalue weighted by Crippen LogP contribution is 2.15. The van der Waals surface area contributed by atoms with Crippen LogP contribution in [0.15, 0.2) is 58.1 Å². The molecule has 0 fully saturated rings. The molecule has 0 aliphatic heterocycles. The summed E-state index contributed by atoms with van der Waals surface area (Å²) >= 11 is 0. The van der Waals surface area contributed by atoms with Gasteiger partial charge in [-0.05, 0) is 38.0 Å². The van der Waals surface area contributed by atoms with Crippen molar-refractivity contribution in [1.82, 2.24) is 19.7 Å². The summed E-state index contributed by atoms with van der Waals surface area (Å²) in [5.74, 6) is -1.22. The Morgan fingerprint density at radius 3 is 2.48 bits per heavy atom. The van der Waals surface area contributed by atoms with Crippen LogP contribution in [-0.2, 0) is 0 Å². The number of carbonyl (C=O) groups is 1. The molecule has 1 amide bonds. The topological polar surface area (TPSA) is 86.0 Å². The maximum absolute atomic E-state index is 14.1. The summed E-state index contributed by atoms with van der Waals surface area (Å²) < 4.78 is 15.9. The number of aromatic nitrogens is 3. The van der Waals surface area contributed by atoms with Crippen molar-refractivity contribution in [2.45, 2.75) is 26.8 Å². The first-order valence-electron chi connectivity index (χ1n) is 9.20. The molecule has 0 aliphatic rings. The number of hydrogen-bond acceptors (Lipinski definition) is 4. The van der Waals surface area contributed by atoms with E-state index >= 15 is 0 Å². The number of rotatable bonds is 5. The second kappa shape index (κ2) is 8.22. The van der Waals surface area contributed by atoms with Crippen LogP contribution in [0.5, 0.6) is 0 Å². The average molecular weight is 396 g/mol. The predicted octanol–water partition coefficient (Wildman–Crippen LogP) is 2.20. The lowest BCUT2D eigenvalue weighted by Crippen LogP contribution is -2.47. The molecule has 1 heterocycles. The molecule has 0 bridgehead atoms. The van der Waals surface area contributed by atoms with Crippen LogP contribution in [0, 0.1) is 12.7 Å². The fourth-order valence-corrected chi connectivity index (χ4v) is 2.98. The highest BCUT2D eigenvalue weighted by molar-refractivity contribution is 5.91. The zero-order valence-electron chi connectivity index (χ0n) is 16.3. The standard InChI is InChI=1S/C21H21FN4O3/c1-4-23-19(27)18-20(28)25(14(3)15-8-6-5-7-9-15)21(29)26(24-18)16-11-10-13(2)17(22)12-16/h5-12,14H,4H2,1-3H3,(H,23,27)/t14-/m1/s1. The van der Waals surface area contributed by atoms with Crippen molar-refractivity contribution in [3.63, 3.8) is 0 Å². The van der Waals surface area contributed by atoms with Crippen molar-refractivity contribution in [3.05, 3.63) is 92.0 Å². The van der Waals surface area contributed by atoms with E-state index in [9.17, 15) is 18.8 Å². The molecule has 1 aromatic heterocycles. The van der Waals surface area contributed by atoms with Gasteiger partial charge in [-0.2, -0.15) is 9.78 Å². The van der Waals surface area contributed by atoms with Crippen LogP contribution in [-0.4, -0.2) is 26.8 Å². The SMILES string of the molecule is CCNC(=O)c1nn(-c2ccc(C)c(F)c2)c(=O)n([C@H](C)c2ccccc2)c1=O. The van der Waals surface area contributed by atoms with Crippen molar-refractivity contribution in [1.29, 1.82) is 0 Å². The Labute approximate surface area is 166 Å². The van der Waals surface area contributed by atoms with Gasteiger partial charge in [0.1, 0.15) is 5.82 Å². The fraction of sp³-hybridized carbons (Fsp3) is 0.238. The van der Waals surface area contributed by atoms with Gasteiger partial charge in [0.05, 0.1) is 11.7 Å². The molecule has 8 heteroatoms. The van der Waals surface area contributed by atoms with Gasteiger partial charge in [0.15, 0.2) is 0 Å². The number of amides is 1. The summed E-state index contributed by atoms with van der Waals surface area (Å²) in [4.78, 5) is 38.5. The Balaban J connectivity index is 2.30. The Bertz CT molecular complexity index is 1170. The number of benzene rings is 2. The summed E-state index contributed by atoms with van der Waals surface area (Å²) in [7, 11) is 0. The van der Waals surface area contributed by atoms with E-state index < -0.39 is 34.7 Å². The van der Waals surface area contributed by atoms with Gasteiger partial charge < -0.3 is 5.32 Å². The van der Waals surface area contributed by atoms with E-state index in [0.29, 0.717) is 11.1 Å². The molecule has 29 heavy (non-hydrogen) atoms. The molecule has 3 rings (SSSR count).